The summed E-state index contributed by atoms with van der Waals surface area (Å²) in [5.74, 6) is 6.42. The minimum absolute atomic E-state index is 0.509. The molecule has 0 amide bonds. The molecule has 2 aromatic heterocycles. The van der Waals surface area contributed by atoms with Gasteiger partial charge in [0.1, 0.15) is 11.3 Å². The van der Waals surface area contributed by atoms with E-state index in [0.717, 1.165) is 27.8 Å². The maximum atomic E-state index is 6.11. The molecular weight excluding hydrogens is 300 g/mol. The molecule has 0 saturated carbocycles. The molecule has 6 nitrogen and oxygen atoms in total. The third-order valence-electron chi connectivity index (χ3n) is 3.49. The van der Waals surface area contributed by atoms with Crippen LogP contribution in [0.3, 0.4) is 0 Å². The van der Waals surface area contributed by atoms with E-state index < -0.39 is 0 Å². The number of nitrogens with zero attached hydrogens (tertiary/aromatic N) is 4. The average molecular weight is 317 g/mol. The van der Waals surface area contributed by atoms with Crippen LogP contribution in [0.2, 0.25) is 5.02 Å². The number of aryl methyl sites for hydroxylation is 1. The van der Waals surface area contributed by atoms with Crippen molar-refractivity contribution in [3.8, 4) is 0 Å². The first-order valence-electron chi connectivity index (χ1n) is 6.79. The number of imidazole rings is 1. The Morgan fingerprint density at radius 2 is 2.18 bits per heavy atom. The normalized spacial score (nSPS) is 12.3. The molecule has 3 aromatic rings. The standard InChI is InChI=1S/C15H17ClN6/c1-21(18)8-10(17)6-14-20-13-7-19-12-4-3-9(16)5-11(12)15(13)22(14)2/h3-5,7-8H,6,17-18H2,1-2H3/b10-8-. The lowest BCUT2D eigenvalue weighted by Gasteiger charge is -2.08. The Hall–Kier alpha value is -2.31. The Bertz CT molecular complexity index is 880. The molecule has 114 valence electrons. The van der Waals surface area contributed by atoms with E-state index in [4.69, 9.17) is 23.2 Å². The van der Waals surface area contributed by atoms with Crippen LogP contribution in [0.4, 0.5) is 0 Å². The van der Waals surface area contributed by atoms with Crippen LogP contribution >= 0.6 is 11.6 Å². The molecule has 0 spiro atoms. The lowest BCUT2D eigenvalue weighted by molar-refractivity contribution is 0.478. The molecule has 0 aliphatic carbocycles. The summed E-state index contributed by atoms with van der Waals surface area (Å²) in [7, 11) is 3.69. The van der Waals surface area contributed by atoms with Crippen molar-refractivity contribution >= 4 is 33.5 Å². The minimum Gasteiger partial charge on any atom is -0.400 e. The Kier molecular flexibility index (Phi) is 3.64. The van der Waals surface area contributed by atoms with Crippen molar-refractivity contribution in [2.45, 2.75) is 6.42 Å². The van der Waals surface area contributed by atoms with Gasteiger partial charge in [0.25, 0.3) is 0 Å². The lowest BCUT2D eigenvalue weighted by Crippen LogP contribution is -2.21. The smallest absolute Gasteiger partial charge is 0.115 e. The van der Waals surface area contributed by atoms with Gasteiger partial charge in [0.2, 0.25) is 0 Å². The van der Waals surface area contributed by atoms with E-state index in [0.29, 0.717) is 17.1 Å². The van der Waals surface area contributed by atoms with E-state index in [-0.39, 0.29) is 0 Å². The van der Waals surface area contributed by atoms with Crippen LogP contribution in [-0.2, 0) is 13.5 Å². The van der Waals surface area contributed by atoms with Gasteiger partial charge >= 0.3 is 0 Å². The number of nitrogens with two attached hydrogens (primary N) is 2. The fourth-order valence-corrected chi connectivity index (χ4v) is 2.74. The van der Waals surface area contributed by atoms with Gasteiger partial charge in [0.05, 0.1) is 17.2 Å². The van der Waals surface area contributed by atoms with Gasteiger partial charge in [0, 0.05) is 42.8 Å². The van der Waals surface area contributed by atoms with Crippen LogP contribution in [0.25, 0.3) is 21.9 Å². The van der Waals surface area contributed by atoms with Crippen molar-refractivity contribution in [2.24, 2.45) is 18.6 Å². The monoisotopic (exact) mass is 316 g/mol. The van der Waals surface area contributed by atoms with E-state index >= 15 is 0 Å². The van der Waals surface area contributed by atoms with Crippen LogP contribution in [-0.4, -0.2) is 26.6 Å². The molecule has 0 bridgehead atoms. The van der Waals surface area contributed by atoms with Crippen molar-refractivity contribution in [1.29, 1.82) is 0 Å². The number of aromatic nitrogens is 3. The second kappa shape index (κ2) is 5.47. The predicted molar refractivity (Wildman–Crippen MR) is 88.9 cm³/mol. The van der Waals surface area contributed by atoms with Gasteiger partial charge in [-0.25, -0.2) is 10.8 Å². The SMILES string of the molecule is CN(N)/C=C(\N)Cc1nc2cnc3ccc(Cl)cc3c2n1C. The van der Waals surface area contributed by atoms with E-state index in [1.807, 2.05) is 29.8 Å². The molecule has 3 rings (SSSR count). The van der Waals surface area contributed by atoms with Gasteiger partial charge in [0.15, 0.2) is 0 Å². The first-order valence-corrected chi connectivity index (χ1v) is 7.17. The molecule has 1 aromatic carbocycles. The fourth-order valence-electron chi connectivity index (χ4n) is 2.57. The zero-order chi connectivity index (χ0) is 15.9. The van der Waals surface area contributed by atoms with Crippen LogP contribution in [0.5, 0.6) is 0 Å². The molecule has 7 heteroatoms. The summed E-state index contributed by atoms with van der Waals surface area (Å²) < 4.78 is 2.02. The van der Waals surface area contributed by atoms with Gasteiger partial charge in [-0.1, -0.05) is 11.6 Å². The van der Waals surface area contributed by atoms with Gasteiger partial charge in [-0.3, -0.25) is 4.98 Å². The van der Waals surface area contributed by atoms with Crippen LogP contribution < -0.4 is 11.6 Å². The van der Waals surface area contributed by atoms with Crippen LogP contribution in [0.1, 0.15) is 5.82 Å². The Balaban J connectivity index is 2.17. The molecule has 0 saturated heterocycles. The first kappa shape index (κ1) is 14.6. The largest absolute Gasteiger partial charge is 0.400 e. The molecule has 4 N–H and O–H groups in total. The van der Waals surface area contributed by atoms with Crippen LogP contribution in [0.15, 0.2) is 36.3 Å². The van der Waals surface area contributed by atoms with E-state index in [1.54, 1.807) is 19.4 Å². The molecule has 22 heavy (non-hydrogen) atoms. The average Bonchev–Trinajstić information content (AvgIpc) is 2.74. The lowest BCUT2D eigenvalue weighted by atomic mass is 10.2. The zero-order valence-corrected chi connectivity index (χ0v) is 13.2. The first-order chi connectivity index (χ1) is 10.5. The summed E-state index contributed by atoms with van der Waals surface area (Å²) in [6, 6.07) is 5.64. The van der Waals surface area contributed by atoms with Crippen molar-refractivity contribution in [3.63, 3.8) is 0 Å². The van der Waals surface area contributed by atoms with Crippen molar-refractivity contribution < 1.29 is 0 Å². The summed E-state index contributed by atoms with van der Waals surface area (Å²) in [5.41, 5.74) is 9.32. The summed E-state index contributed by atoms with van der Waals surface area (Å²) in [6.07, 6.45) is 3.95. The quantitative estimate of drug-likeness (QED) is 0.569. The fraction of sp³-hybridized carbons (Fsp3) is 0.200. The molecule has 0 atom stereocenters. The number of hydrazine groups is 1. The second-order valence-corrected chi connectivity index (χ2v) is 5.72. The topological polar surface area (TPSA) is 86.0 Å². The van der Waals surface area contributed by atoms with Crippen molar-refractivity contribution in [2.75, 3.05) is 7.05 Å². The number of hydrogen-bond donors (Lipinski definition) is 2. The molecule has 0 radical (unpaired) electrons. The highest BCUT2D eigenvalue weighted by Crippen LogP contribution is 2.26. The van der Waals surface area contributed by atoms with E-state index in [9.17, 15) is 0 Å². The predicted octanol–water partition coefficient (Wildman–Crippen LogP) is 1.92. The Morgan fingerprint density at radius 1 is 1.41 bits per heavy atom. The number of benzene rings is 1. The third kappa shape index (κ3) is 2.58. The number of hydrogen-bond acceptors (Lipinski definition) is 5. The maximum absolute atomic E-state index is 6.11. The molecule has 0 aliphatic rings. The Labute approximate surface area is 133 Å². The summed E-state index contributed by atoms with van der Waals surface area (Å²) in [4.78, 5) is 9.04. The molecule has 0 aliphatic heterocycles. The summed E-state index contributed by atoms with van der Waals surface area (Å²) >= 11 is 6.11. The third-order valence-corrected chi connectivity index (χ3v) is 3.72. The molecule has 2 heterocycles. The van der Waals surface area contributed by atoms with Gasteiger partial charge in [-0.15, -0.1) is 0 Å². The highest BCUT2D eigenvalue weighted by Gasteiger charge is 2.12. The van der Waals surface area contributed by atoms with Gasteiger partial charge in [-0.05, 0) is 18.2 Å². The van der Waals surface area contributed by atoms with E-state index in [1.165, 1.54) is 5.01 Å². The maximum Gasteiger partial charge on any atom is 0.115 e. The number of pyridine rings is 1. The van der Waals surface area contributed by atoms with Crippen molar-refractivity contribution in [3.05, 3.63) is 47.1 Å². The molecule has 0 fully saturated rings. The van der Waals surface area contributed by atoms with Crippen LogP contribution in [0, 0.1) is 0 Å². The summed E-state index contributed by atoms with van der Waals surface area (Å²) in [6.45, 7) is 0. The number of fused-ring (bicyclic) bond motifs is 3. The highest BCUT2D eigenvalue weighted by atomic mass is 35.5. The number of halogens is 1. The second-order valence-electron chi connectivity index (χ2n) is 5.29. The van der Waals surface area contributed by atoms with E-state index in [2.05, 4.69) is 9.97 Å². The number of allylic oxidation sites excluding steroid dienone is 1. The highest BCUT2D eigenvalue weighted by molar-refractivity contribution is 6.31. The zero-order valence-electron chi connectivity index (χ0n) is 12.4. The van der Waals surface area contributed by atoms with Gasteiger partial charge < -0.3 is 15.3 Å². The molecular formula is C15H17ClN6. The number of rotatable bonds is 3. The Morgan fingerprint density at radius 3 is 2.91 bits per heavy atom. The van der Waals surface area contributed by atoms with Crippen molar-refractivity contribution in [1.82, 2.24) is 19.5 Å². The minimum atomic E-state index is 0.509. The molecule has 0 unspecified atom stereocenters. The summed E-state index contributed by atoms with van der Waals surface area (Å²) in [5, 5.41) is 3.08. The van der Waals surface area contributed by atoms with Gasteiger partial charge in [-0.2, -0.15) is 0 Å².